The molecule has 0 bridgehead atoms. The monoisotopic (exact) mass is 556 g/mol. The van der Waals surface area contributed by atoms with Crippen LogP contribution in [0.25, 0.3) is 0 Å². The van der Waals surface area contributed by atoms with Gasteiger partial charge in [-0.15, -0.1) is 0 Å². The van der Waals surface area contributed by atoms with Crippen LogP contribution in [0.4, 0.5) is 29.2 Å². The van der Waals surface area contributed by atoms with Crippen molar-refractivity contribution in [3.8, 4) is 0 Å². The minimum Gasteiger partial charge on any atom is -0.341 e. The van der Waals surface area contributed by atoms with Crippen molar-refractivity contribution in [2.75, 3.05) is 28.7 Å². The molecule has 1 aliphatic heterocycles. The van der Waals surface area contributed by atoms with Gasteiger partial charge in [0.1, 0.15) is 0 Å². The molecule has 2 heterocycles. The molecule has 0 atom stereocenters. The molecule has 40 heavy (non-hydrogen) atoms. The number of non-ortho nitro benzene ring substituents is 1. The minimum atomic E-state index is -0.481. The molecule has 0 aliphatic carbocycles. The van der Waals surface area contributed by atoms with Gasteiger partial charge in [-0.1, -0.05) is 59.6 Å². The maximum absolute atomic E-state index is 11.1. The maximum Gasteiger partial charge on any atom is 0.270 e. The number of hydrogen-bond acceptors (Lipinski definition) is 9. The van der Waals surface area contributed by atoms with Crippen LogP contribution in [0, 0.1) is 23.0 Å². The van der Waals surface area contributed by atoms with Crippen molar-refractivity contribution in [3.63, 3.8) is 0 Å². The minimum absolute atomic E-state index is 0.0754. The molecular formula is C29H29ClN8O2. The second-order valence-electron chi connectivity index (χ2n) is 9.73. The number of anilines is 4. The first-order valence-electron chi connectivity index (χ1n) is 13.0. The van der Waals surface area contributed by atoms with Gasteiger partial charge in [-0.05, 0) is 55.9 Å². The summed E-state index contributed by atoms with van der Waals surface area (Å²) in [6, 6.07) is 22.7. The zero-order chi connectivity index (χ0) is 27.9. The molecule has 2 N–H and O–H groups in total. The van der Waals surface area contributed by atoms with Gasteiger partial charge in [0.25, 0.3) is 5.69 Å². The van der Waals surface area contributed by atoms with Gasteiger partial charge in [0, 0.05) is 41.5 Å². The molecule has 1 fully saturated rings. The second-order valence-corrected chi connectivity index (χ2v) is 10.1. The van der Waals surface area contributed by atoms with Gasteiger partial charge in [0.05, 0.1) is 11.1 Å². The summed E-state index contributed by atoms with van der Waals surface area (Å²) in [5.41, 5.74) is 6.52. The van der Waals surface area contributed by atoms with E-state index in [-0.39, 0.29) is 11.6 Å². The van der Waals surface area contributed by atoms with Crippen LogP contribution < -0.4 is 15.6 Å². The Morgan fingerprint density at radius 2 is 1.75 bits per heavy atom. The molecule has 0 radical (unpaired) electrons. The van der Waals surface area contributed by atoms with Crippen molar-refractivity contribution in [3.05, 3.63) is 105 Å². The molecule has 204 valence electrons. The lowest BCUT2D eigenvalue weighted by atomic mass is 9.90. The van der Waals surface area contributed by atoms with Crippen molar-refractivity contribution >= 4 is 47.0 Å². The lowest BCUT2D eigenvalue weighted by Crippen LogP contribution is -2.35. The van der Waals surface area contributed by atoms with Gasteiger partial charge in [0.15, 0.2) is 0 Å². The van der Waals surface area contributed by atoms with Gasteiger partial charge >= 0.3 is 0 Å². The van der Waals surface area contributed by atoms with E-state index in [0.29, 0.717) is 28.4 Å². The van der Waals surface area contributed by atoms with Gasteiger partial charge in [-0.2, -0.15) is 20.1 Å². The molecule has 0 unspecified atom stereocenters. The van der Waals surface area contributed by atoms with Crippen molar-refractivity contribution < 1.29 is 4.92 Å². The summed E-state index contributed by atoms with van der Waals surface area (Å²) < 4.78 is 0. The number of aryl methyl sites for hydroxylation is 1. The molecule has 11 heteroatoms. The fourth-order valence-corrected chi connectivity index (χ4v) is 4.73. The lowest BCUT2D eigenvalue weighted by molar-refractivity contribution is -0.384. The Labute approximate surface area is 237 Å². The van der Waals surface area contributed by atoms with Crippen LogP contribution in [0.15, 0.2) is 77.9 Å². The number of benzene rings is 3. The van der Waals surface area contributed by atoms with Crippen LogP contribution in [0.2, 0.25) is 5.02 Å². The van der Waals surface area contributed by atoms with E-state index in [1.807, 2.05) is 37.3 Å². The van der Waals surface area contributed by atoms with Crippen LogP contribution in [-0.2, 0) is 6.42 Å². The van der Waals surface area contributed by atoms with E-state index in [9.17, 15) is 10.1 Å². The average Bonchev–Trinajstić information content (AvgIpc) is 2.96. The Bertz CT molecular complexity index is 1490. The number of rotatable bonds is 9. The molecule has 10 nitrogen and oxygen atoms in total. The highest BCUT2D eigenvalue weighted by Gasteiger charge is 2.22. The first-order valence-corrected chi connectivity index (χ1v) is 13.4. The molecule has 0 amide bonds. The number of hydrazone groups is 1. The van der Waals surface area contributed by atoms with E-state index in [1.54, 1.807) is 0 Å². The summed E-state index contributed by atoms with van der Waals surface area (Å²) in [6.07, 6.45) is 4.54. The Morgan fingerprint density at radius 1 is 1.02 bits per heavy atom. The van der Waals surface area contributed by atoms with E-state index >= 15 is 0 Å². The smallest absolute Gasteiger partial charge is 0.270 e. The summed E-state index contributed by atoms with van der Waals surface area (Å²) in [7, 11) is 0. The van der Waals surface area contributed by atoms with Crippen LogP contribution in [0.5, 0.6) is 0 Å². The SMILES string of the molecule is Cc1ccc(Nc2nc(N/N=C\c3cc([N+](=O)[O-])ccc3Cl)nc(N3CCC(Cc4ccccc4)CC3)n2)cc1. The van der Waals surface area contributed by atoms with Crippen molar-refractivity contribution in [1.29, 1.82) is 0 Å². The molecule has 0 spiro atoms. The highest BCUT2D eigenvalue weighted by atomic mass is 35.5. The number of nitro groups is 1. The molecule has 1 aliphatic rings. The molecule has 3 aromatic carbocycles. The maximum atomic E-state index is 11.1. The predicted molar refractivity (Wildman–Crippen MR) is 159 cm³/mol. The average molecular weight is 557 g/mol. The Kier molecular flexibility index (Phi) is 8.46. The van der Waals surface area contributed by atoms with E-state index in [0.717, 1.165) is 43.6 Å². The van der Waals surface area contributed by atoms with Gasteiger partial charge < -0.3 is 10.2 Å². The summed E-state index contributed by atoms with van der Waals surface area (Å²) in [4.78, 5) is 26.6. The number of hydrogen-bond donors (Lipinski definition) is 2. The molecule has 0 saturated carbocycles. The molecule has 5 rings (SSSR count). The van der Waals surface area contributed by atoms with Crippen LogP contribution >= 0.6 is 11.6 Å². The highest BCUT2D eigenvalue weighted by molar-refractivity contribution is 6.33. The van der Waals surface area contributed by atoms with Gasteiger partial charge in [-0.3, -0.25) is 10.1 Å². The summed E-state index contributed by atoms with van der Waals surface area (Å²) >= 11 is 6.20. The normalized spacial score (nSPS) is 13.9. The molecule has 1 aromatic heterocycles. The number of aromatic nitrogens is 3. The van der Waals surface area contributed by atoms with Gasteiger partial charge in [-0.25, -0.2) is 5.43 Å². The Morgan fingerprint density at radius 3 is 2.48 bits per heavy atom. The number of halogens is 1. The van der Waals surface area contributed by atoms with Crippen LogP contribution in [0.3, 0.4) is 0 Å². The quantitative estimate of drug-likeness (QED) is 0.138. The first kappa shape index (κ1) is 27.0. The molecule has 1 saturated heterocycles. The van der Waals surface area contributed by atoms with Crippen LogP contribution in [-0.4, -0.2) is 39.2 Å². The van der Waals surface area contributed by atoms with E-state index < -0.39 is 4.92 Å². The lowest BCUT2D eigenvalue weighted by Gasteiger charge is -2.32. The van der Waals surface area contributed by atoms with E-state index in [4.69, 9.17) is 16.6 Å². The number of nitro benzene ring substituents is 1. The topological polar surface area (TPSA) is 121 Å². The fraction of sp³-hybridized carbons (Fsp3) is 0.241. The van der Waals surface area contributed by atoms with Crippen molar-refractivity contribution in [2.45, 2.75) is 26.2 Å². The second kappa shape index (κ2) is 12.5. The number of piperidine rings is 1. The zero-order valence-electron chi connectivity index (χ0n) is 22.0. The number of nitrogens with zero attached hydrogens (tertiary/aromatic N) is 6. The van der Waals surface area contributed by atoms with Crippen LogP contribution in [0.1, 0.15) is 29.5 Å². The van der Waals surface area contributed by atoms with E-state index in [2.05, 4.69) is 55.0 Å². The molecule has 4 aromatic rings. The van der Waals surface area contributed by atoms with Crippen molar-refractivity contribution in [1.82, 2.24) is 15.0 Å². The number of nitrogens with one attached hydrogen (secondary N) is 2. The largest absolute Gasteiger partial charge is 0.341 e. The third-order valence-electron chi connectivity index (χ3n) is 6.75. The summed E-state index contributed by atoms with van der Waals surface area (Å²) in [6.45, 7) is 3.69. The highest BCUT2D eigenvalue weighted by Crippen LogP contribution is 2.26. The van der Waals surface area contributed by atoms with Gasteiger partial charge in [0.2, 0.25) is 17.8 Å². The zero-order valence-corrected chi connectivity index (χ0v) is 22.8. The Balaban J connectivity index is 1.33. The third kappa shape index (κ3) is 7.09. The predicted octanol–water partition coefficient (Wildman–Crippen LogP) is 6.39. The Hall–Kier alpha value is -4.57. The summed E-state index contributed by atoms with van der Waals surface area (Å²) in [5, 5.41) is 18.9. The third-order valence-corrected chi connectivity index (χ3v) is 7.10. The van der Waals surface area contributed by atoms with Crippen molar-refractivity contribution in [2.24, 2.45) is 11.0 Å². The first-order chi connectivity index (χ1) is 19.4. The van der Waals surface area contributed by atoms with E-state index in [1.165, 1.54) is 30.0 Å². The molecular weight excluding hydrogens is 528 g/mol. The standard InChI is InChI=1S/C29H29ClN8O2/c1-20-7-9-24(10-8-20)32-27-33-28(36-31-19-23-18-25(38(39)40)11-12-26(23)30)35-29(34-27)37-15-13-22(14-16-37)17-21-5-3-2-4-6-21/h2-12,18-19,22H,13-17H2,1H3,(H2,32,33,34,35,36)/b31-19-. The fourth-order valence-electron chi connectivity index (χ4n) is 4.57. The summed E-state index contributed by atoms with van der Waals surface area (Å²) in [5.74, 6) is 1.77.